The minimum Gasteiger partial charge on any atom is -0.467 e. The van der Waals surface area contributed by atoms with Gasteiger partial charge in [-0.25, -0.2) is 13.4 Å². The second-order valence-corrected chi connectivity index (χ2v) is 7.99. The molecule has 0 fully saturated rings. The molecule has 2 unspecified atom stereocenters. The van der Waals surface area contributed by atoms with E-state index < -0.39 is 21.7 Å². The number of carbonyl (C=O) groups excluding carboxylic acids is 1. The largest absolute Gasteiger partial charge is 0.467 e. The Bertz CT molecular complexity index is 1040. The van der Waals surface area contributed by atoms with Gasteiger partial charge in [0.25, 0.3) is 0 Å². The number of anilines is 1. The second kappa shape index (κ2) is 8.05. The van der Waals surface area contributed by atoms with Gasteiger partial charge in [0.2, 0.25) is 0 Å². The Labute approximate surface area is 159 Å². The maximum atomic E-state index is 14.2. The quantitative estimate of drug-likeness (QED) is 0.534. The minimum absolute atomic E-state index is 0.354. The fourth-order valence-electron chi connectivity index (χ4n) is 2.72. The van der Waals surface area contributed by atoms with Crippen LogP contribution in [0.1, 0.15) is 11.6 Å². The lowest BCUT2D eigenvalue weighted by atomic mass is 10.1. The summed E-state index contributed by atoms with van der Waals surface area (Å²) in [7, 11) is -1.89. The van der Waals surface area contributed by atoms with Crippen LogP contribution in [0.25, 0.3) is 0 Å². The van der Waals surface area contributed by atoms with E-state index in [1.165, 1.54) is 7.11 Å². The van der Waals surface area contributed by atoms with Crippen LogP contribution in [0.15, 0.2) is 99.1 Å². The molecule has 138 valence electrons. The van der Waals surface area contributed by atoms with Gasteiger partial charge < -0.3 is 10.5 Å². The number of esters is 1. The highest BCUT2D eigenvalue weighted by Gasteiger charge is 2.27. The number of nitrogens with zero attached hydrogens (tertiary/aromatic N) is 1. The third-order valence-electron chi connectivity index (χ3n) is 4.07. The topological polar surface area (TPSA) is 81.8 Å². The van der Waals surface area contributed by atoms with E-state index in [0.29, 0.717) is 21.0 Å². The first kappa shape index (κ1) is 18.7. The molecule has 6 heteroatoms. The summed E-state index contributed by atoms with van der Waals surface area (Å²) in [5.41, 5.74) is 7.06. The molecule has 0 saturated heterocycles. The van der Waals surface area contributed by atoms with Crippen molar-refractivity contribution in [1.29, 1.82) is 0 Å². The van der Waals surface area contributed by atoms with E-state index in [2.05, 4.69) is 4.36 Å². The molecule has 3 aromatic rings. The van der Waals surface area contributed by atoms with Gasteiger partial charge >= 0.3 is 5.97 Å². The molecule has 2 N–H and O–H groups in total. The standard InChI is InChI=1S/C21H20N2O3S/c1-26-21(24)20(16-10-4-2-5-11-16)23-27(25,17-12-6-3-7-13-17)19-15-9-8-14-18(19)22/h2-15,20H,22H2,1H3. The maximum Gasteiger partial charge on any atom is 0.336 e. The van der Waals surface area contributed by atoms with Crippen molar-refractivity contribution >= 4 is 21.4 Å². The molecular formula is C21H20N2O3S. The van der Waals surface area contributed by atoms with Crippen LogP contribution in [0.5, 0.6) is 0 Å². The summed E-state index contributed by atoms with van der Waals surface area (Å²) in [6.45, 7) is 0. The number of hydrogen-bond donors (Lipinski definition) is 1. The van der Waals surface area contributed by atoms with Crippen LogP contribution in [0.4, 0.5) is 5.69 Å². The summed E-state index contributed by atoms with van der Waals surface area (Å²) >= 11 is 0. The molecule has 3 rings (SSSR count). The lowest BCUT2D eigenvalue weighted by molar-refractivity contribution is -0.142. The Hall–Kier alpha value is -3.12. The first-order chi connectivity index (χ1) is 13.1. The minimum atomic E-state index is -3.18. The molecule has 0 heterocycles. The Morgan fingerprint density at radius 1 is 0.926 bits per heavy atom. The van der Waals surface area contributed by atoms with Gasteiger partial charge in [-0.1, -0.05) is 60.7 Å². The number of benzene rings is 3. The highest BCUT2D eigenvalue weighted by atomic mass is 32.2. The molecule has 0 bridgehead atoms. The van der Waals surface area contributed by atoms with Crippen LogP contribution in [-0.2, 0) is 19.3 Å². The number of methoxy groups -OCH3 is 1. The number of rotatable bonds is 5. The zero-order chi connectivity index (χ0) is 19.3. The fourth-order valence-corrected chi connectivity index (χ4v) is 4.89. The van der Waals surface area contributed by atoms with Crippen molar-refractivity contribution in [2.45, 2.75) is 15.8 Å². The Morgan fingerprint density at radius 2 is 1.48 bits per heavy atom. The number of nitrogen functional groups attached to an aromatic ring is 1. The van der Waals surface area contributed by atoms with Crippen LogP contribution >= 0.6 is 0 Å². The average Bonchev–Trinajstić information content (AvgIpc) is 2.73. The molecule has 2 atom stereocenters. The van der Waals surface area contributed by atoms with Gasteiger partial charge in [0.1, 0.15) is 9.73 Å². The number of ether oxygens (including phenoxy) is 1. The van der Waals surface area contributed by atoms with Gasteiger partial charge in [0.05, 0.1) is 16.9 Å². The molecule has 0 amide bonds. The zero-order valence-electron chi connectivity index (χ0n) is 14.8. The van der Waals surface area contributed by atoms with Crippen LogP contribution in [0.2, 0.25) is 0 Å². The molecule has 0 aliphatic rings. The fraction of sp³-hybridized carbons (Fsp3) is 0.0952. The summed E-state index contributed by atoms with van der Waals surface area (Å²) in [4.78, 5) is 13.3. The van der Waals surface area contributed by atoms with Gasteiger partial charge in [0, 0.05) is 5.69 Å². The van der Waals surface area contributed by atoms with Gasteiger partial charge in [-0.2, -0.15) is 0 Å². The lowest BCUT2D eigenvalue weighted by Crippen LogP contribution is -2.16. The number of nitrogens with two attached hydrogens (primary N) is 1. The molecule has 0 aromatic heterocycles. The first-order valence-corrected chi connectivity index (χ1v) is 9.86. The first-order valence-electron chi connectivity index (χ1n) is 8.35. The van der Waals surface area contributed by atoms with E-state index >= 15 is 0 Å². The SMILES string of the molecule is COC(=O)C(N=S(=O)(c1ccccc1)c1ccccc1N)c1ccccc1. The third kappa shape index (κ3) is 3.85. The molecule has 0 aliphatic carbocycles. The van der Waals surface area contributed by atoms with Crippen molar-refractivity contribution in [3.63, 3.8) is 0 Å². The second-order valence-electron chi connectivity index (χ2n) is 5.82. The lowest BCUT2D eigenvalue weighted by Gasteiger charge is -2.17. The predicted molar refractivity (Wildman–Crippen MR) is 106 cm³/mol. The molecule has 27 heavy (non-hydrogen) atoms. The molecule has 0 radical (unpaired) electrons. The van der Waals surface area contributed by atoms with Crippen LogP contribution < -0.4 is 5.73 Å². The van der Waals surface area contributed by atoms with Crippen LogP contribution in [0, 0.1) is 0 Å². The smallest absolute Gasteiger partial charge is 0.336 e. The van der Waals surface area contributed by atoms with Gasteiger partial charge in [0.15, 0.2) is 6.04 Å². The van der Waals surface area contributed by atoms with E-state index in [9.17, 15) is 9.00 Å². The van der Waals surface area contributed by atoms with Crippen molar-refractivity contribution in [3.05, 3.63) is 90.5 Å². The molecule has 0 saturated carbocycles. The van der Waals surface area contributed by atoms with Crippen molar-refractivity contribution in [1.82, 2.24) is 0 Å². The Balaban J connectivity index is 2.31. The van der Waals surface area contributed by atoms with Crippen molar-refractivity contribution in [2.75, 3.05) is 12.8 Å². The highest BCUT2D eigenvalue weighted by Crippen LogP contribution is 2.32. The van der Waals surface area contributed by atoms with E-state index in [4.69, 9.17) is 10.5 Å². The summed E-state index contributed by atoms with van der Waals surface area (Å²) in [5.74, 6) is -0.584. The van der Waals surface area contributed by atoms with E-state index in [1.807, 2.05) is 12.1 Å². The summed E-state index contributed by atoms with van der Waals surface area (Å²) < 4.78 is 23.6. The Morgan fingerprint density at radius 3 is 2.07 bits per heavy atom. The van der Waals surface area contributed by atoms with Crippen molar-refractivity contribution < 1.29 is 13.7 Å². The monoisotopic (exact) mass is 380 g/mol. The third-order valence-corrected chi connectivity index (χ3v) is 6.46. The number of para-hydroxylation sites is 1. The summed E-state index contributed by atoms with van der Waals surface area (Å²) in [6, 6.07) is 23.6. The summed E-state index contributed by atoms with van der Waals surface area (Å²) in [6.07, 6.45) is 0. The highest BCUT2D eigenvalue weighted by molar-refractivity contribution is 7.94. The normalized spacial score (nSPS) is 14.0. The van der Waals surface area contributed by atoms with Gasteiger partial charge in [-0.05, 0) is 29.8 Å². The van der Waals surface area contributed by atoms with Crippen molar-refractivity contribution in [2.24, 2.45) is 4.36 Å². The number of hydrogen-bond acceptors (Lipinski definition) is 5. The van der Waals surface area contributed by atoms with Gasteiger partial charge in [-0.3, -0.25) is 0 Å². The number of carbonyl (C=O) groups is 1. The van der Waals surface area contributed by atoms with E-state index in [-0.39, 0.29) is 0 Å². The molecule has 0 aliphatic heterocycles. The van der Waals surface area contributed by atoms with E-state index in [0.717, 1.165) is 0 Å². The molecule has 3 aromatic carbocycles. The molecular weight excluding hydrogens is 360 g/mol. The summed E-state index contributed by atoms with van der Waals surface area (Å²) in [5, 5.41) is 0. The average molecular weight is 380 g/mol. The molecule has 0 spiro atoms. The maximum absolute atomic E-state index is 14.2. The Kier molecular flexibility index (Phi) is 5.57. The van der Waals surface area contributed by atoms with Crippen LogP contribution in [-0.4, -0.2) is 17.3 Å². The predicted octanol–water partition coefficient (Wildman–Crippen LogP) is 4.07. The van der Waals surface area contributed by atoms with Gasteiger partial charge in [-0.15, -0.1) is 0 Å². The van der Waals surface area contributed by atoms with Crippen LogP contribution in [0.3, 0.4) is 0 Å². The van der Waals surface area contributed by atoms with E-state index in [1.54, 1.807) is 72.8 Å². The van der Waals surface area contributed by atoms with Crippen molar-refractivity contribution in [3.8, 4) is 0 Å². The molecule has 5 nitrogen and oxygen atoms in total. The zero-order valence-corrected chi connectivity index (χ0v) is 15.6.